The molecule has 0 saturated carbocycles. The van der Waals surface area contributed by atoms with Crippen molar-refractivity contribution in [2.45, 2.75) is 26.3 Å². The lowest BCUT2D eigenvalue weighted by atomic mass is 10.1. The van der Waals surface area contributed by atoms with Crippen LogP contribution in [0.1, 0.15) is 28.6 Å². The van der Waals surface area contributed by atoms with Crippen molar-refractivity contribution in [2.24, 2.45) is 0 Å². The summed E-state index contributed by atoms with van der Waals surface area (Å²) in [5.74, 6) is -1.56. The molecule has 1 unspecified atom stereocenters. The first kappa shape index (κ1) is 16.2. The topological polar surface area (TPSA) is 66.4 Å². The Balaban J connectivity index is 2.17. The molecule has 1 atom stereocenters. The van der Waals surface area contributed by atoms with E-state index in [2.05, 4.69) is 5.32 Å². The number of benzene rings is 1. The van der Waals surface area contributed by atoms with Gasteiger partial charge in [-0.15, -0.1) is 11.3 Å². The second kappa shape index (κ2) is 6.70. The van der Waals surface area contributed by atoms with Crippen molar-refractivity contribution in [3.8, 4) is 10.4 Å². The van der Waals surface area contributed by atoms with Crippen LogP contribution in [0.5, 0.6) is 0 Å². The average Bonchev–Trinajstić information content (AvgIpc) is 2.81. The molecule has 0 radical (unpaired) electrons. The fraction of sp³-hybridized carbons (Fsp3) is 0.250. The minimum Gasteiger partial charge on any atom is -0.481 e. The summed E-state index contributed by atoms with van der Waals surface area (Å²) in [7, 11) is 0. The Kier molecular flexibility index (Phi) is 4.92. The fourth-order valence-electron chi connectivity index (χ4n) is 2.09. The Bertz CT molecular complexity index is 694. The number of carboxylic acid groups (broad SMARTS) is 1. The van der Waals surface area contributed by atoms with Crippen LogP contribution in [-0.2, 0) is 4.79 Å². The van der Waals surface area contributed by atoms with Crippen molar-refractivity contribution in [1.82, 2.24) is 5.32 Å². The summed E-state index contributed by atoms with van der Waals surface area (Å²) in [6.07, 6.45) is -0.124. The number of carbonyl (C=O) groups is 2. The van der Waals surface area contributed by atoms with E-state index < -0.39 is 12.0 Å². The van der Waals surface area contributed by atoms with Crippen molar-refractivity contribution < 1.29 is 19.1 Å². The molecule has 1 aromatic carbocycles. The number of hydrogen-bond donors (Lipinski definition) is 2. The molecule has 2 N–H and O–H groups in total. The summed E-state index contributed by atoms with van der Waals surface area (Å²) < 4.78 is 13.0. The molecule has 4 nitrogen and oxygen atoms in total. The van der Waals surface area contributed by atoms with Gasteiger partial charge in [0.1, 0.15) is 5.82 Å². The van der Waals surface area contributed by atoms with Crippen molar-refractivity contribution in [2.75, 3.05) is 0 Å². The molecule has 1 heterocycles. The molecule has 0 aliphatic rings. The molecule has 2 rings (SSSR count). The van der Waals surface area contributed by atoms with Gasteiger partial charge in [0.15, 0.2) is 0 Å². The molecule has 6 heteroatoms. The third kappa shape index (κ3) is 3.92. The highest BCUT2D eigenvalue weighted by Gasteiger charge is 2.16. The predicted octanol–water partition coefficient (Wildman–Crippen LogP) is 3.46. The van der Waals surface area contributed by atoms with Gasteiger partial charge in [0.2, 0.25) is 0 Å². The molecular formula is C16H16FNO3S. The van der Waals surface area contributed by atoms with Crippen LogP contribution in [0.25, 0.3) is 10.4 Å². The van der Waals surface area contributed by atoms with Gasteiger partial charge in [-0.25, -0.2) is 4.39 Å². The zero-order valence-corrected chi connectivity index (χ0v) is 13.0. The van der Waals surface area contributed by atoms with E-state index in [-0.39, 0.29) is 18.1 Å². The fourth-order valence-corrected chi connectivity index (χ4v) is 3.17. The zero-order valence-electron chi connectivity index (χ0n) is 12.2. The number of rotatable bonds is 5. The molecule has 1 amide bonds. The quantitative estimate of drug-likeness (QED) is 0.886. The molecule has 1 aromatic heterocycles. The first-order valence-electron chi connectivity index (χ1n) is 6.76. The maximum Gasteiger partial charge on any atom is 0.305 e. The van der Waals surface area contributed by atoms with Crippen LogP contribution in [0.4, 0.5) is 4.39 Å². The van der Waals surface area contributed by atoms with E-state index in [0.29, 0.717) is 4.88 Å². The lowest BCUT2D eigenvalue weighted by molar-refractivity contribution is -0.137. The molecule has 0 aliphatic carbocycles. The summed E-state index contributed by atoms with van der Waals surface area (Å²) in [5, 5.41) is 11.4. The van der Waals surface area contributed by atoms with Crippen LogP contribution in [0.2, 0.25) is 0 Å². The molecule has 116 valence electrons. The number of halogens is 1. The van der Waals surface area contributed by atoms with E-state index in [1.165, 1.54) is 23.5 Å². The number of aliphatic carboxylic acids is 1. The van der Waals surface area contributed by atoms with E-state index in [1.807, 2.05) is 6.92 Å². The first-order valence-corrected chi connectivity index (χ1v) is 7.57. The maximum atomic E-state index is 13.0. The molecule has 22 heavy (non-hydrogen) atoms. The Hall–Kier alpha value is -2.21. The number of hydrogen-bond acceptors (Lipinski definition) is 3. The molecule has 0 fully saturated rings. The van der Waals surface area contributed by atoms with E-state index in [4.69, 9.17) is 5.11 Å². The van der Waals surface area contributed by atoms with Crippen molar-refractivity contribution in [3.05, 3.63) is 46.6 Å². The second-order valence-electron chi connectivity index (χ2n) is 5.10. The van der Waals surface area contributed by atoms with Gasteiger partial charge in [0, 0.05) is 10.9 Å². The van der Waals surface area contributed by atoms with Gasteiger partial charge >= 0.3 is 5.97 Å². The number of nitrogens with one attached hydrogen (secondary N) is 1. The highest BCUT2D eigenvalue weighted by atomic mass is 32.1. The van der Waals surface area contributed by atoms with Gasteiger partial charge in [-0.05, 0) is 43.2 Å². The normalized spacial score (nSPS) is 12.0. The van der Waals surface area contributed by atoms with Crippen molar-refractivity contribution in [1.29, 1.82) is 0 Å². The Morgan fingerprint density at radius 3 is 2.55 bits per heavy atom. The summed E-state index contributed by atoms with van der Waals surface area (Å²) >= 11 is 1.31. The van der Waals surface area contributed by atoms with Crippen LogP contribution in [-0.4, -0.2) is 23.0 Å². The highest BCUT2D eigenvalue weighted by molar-refractivity contribution is 7.17. The molecule has 2 aromatic rings. The molecular weight excluding hydrogens is 305 g/mol. The van der Waals surface area contributed by atoms with Gasteiger partial charge in [-0.1, -0.05) is 12.1 Å². The molecule has 0 bridgehead atoms. The lowest BCUT2D eigenvalue weighted by Crippen LogP contribution is -2.33. The number of carbonyl (C=O) groups excluding carboxylic acids is 1. The lowest BCUT2D eigenvalue weighted by Gasteiger charge is -2.10. The standard InChI is InChI=1S/C16H16FNO3S/c1-9-7-13(16(21)18-10(2)8-14(19)20)22-15(9)11-3-5-12(17)6-4-11/h3-7,10H,8H2,1-2H3,(H,18,21)(H,19,20). The Morgan fingerprint density at radius 2 is 1.95 bits per heavy atom. The third-order valence-electron chi connectivity index (χ3n) is 3.11. The van der Waals surface area contributed by atoms with Gasteiger partial charge in [-0.2, -0.15) is 0 Å². The zero-order chi connectivity index (χ0) is 16.3. The number of aryl methyl sites for hydroxylation is 1. The highest BCUT2D eigenvalue weighted by Crippen LogP contribution is 2.32. The smallest absolute Gasteiger partial charge is 0.305 e. The summed E-state index contributed by atoms with van der Waals surface area (Å²) in [5.41, 5.74) is 1.77. The van der Waals surface area contributed by atoms with Gasteiger partial charge in [-0.3, -0.25) is 9.59 Å². The second-order valence-corrected chi connectivity index (χ2v) is 6.15. The minimum atomic E-state index is -0.956. The first-order chi connectivity index (χ1) is 10.4. The van der Waals surface area contributed by atoms with E-state index in [1.54, 1.807) is 25.1 Å². The summed E-state index contributed by atoms with van der Waals surface area (Å²) in [4.78, 5) is 24.2. The third-order valence-corrected chi connectivity index (χ3v) is 4.39. The van der Waals surface area contributed by atoms with Gasteiger partial charge < -0.3 is 10.4 Å². The van der Waals surface area contributed by atoms with E-state index in [9.17, 15) is 14.0 Å². The van der Waals surface area contributed by atoms with Crippen LogP contribution in [0, 0.1) is 12.7 Å². The number of carboxylic acids is 1. The van der Waals surface area contributed by atoms with Crippen LogP contribution in [0.15, 0.2) is 30.3 Å². The van der Waals surface area contributed by atoms with Gasteiger partial charge in [0.05, 0.1) is 11.3 Å². The van der Waals surface area contributed by atoms with Gasteiger partial charge in [0.25, 0.3) is 5.91 Å². The number of amides is 1. The summed E-state index contributed by atoms with van der Waals surface area (Å²) in [6.45, 7) is 3.53. The molecule has 0 spiro atoms. The monoisotopic (exact) mass is 321 g/mol. The minimum absolute atomic E-state index is 0.124. The van der Waals surface area contributed by atoms with Crippen LogP contribution < -0.4 is 5.32 Å². The van der Waals surface area contributed by atoms with Crippen LogP contribution in [0.3, 0.4) is 0 Å². The number of thiophene rings is 1. The average molecular weight is 321 g/mol. The maximum absolute atomic E-state index is 13.0. The summed E-state index contributed by atoms with van der Waals surface area (Å²) in [6, 6.07) is 7.41. The van der Waals surface area contributed by atoms with Crippen LogP contribution >= 0.6 is 11.3 Å². The largest absolute Gasteiger partial charge is 0.481 e. The Morgan fingerprint density at radius 1 is 1.32 bits per heavy atom. The van der Waals surface area contributed by atoms with Crippen molar-refractivity contribution in [3.63, 3.8) is 0 Å². The molecule has 0 saturated heterocycles. The predicted molar refractivity (Wildman–Crippen MR) is 83.6 cm³/mol. The molecule has 0 aliphatic heterocycles. The SMILES string of the molecule is Cc1cc(C(=O)NC(C)CC(=O)O)sc1-c1ccc(F)cc1. The Labute approximate surface area is 131 Å². The van der Waals surface area contributed by atoms with E-state index in [0.717, 1.165) is 16.0 Å². The van der Waals surface area contributed by atoms with E-state index >= 15 is 0 Å². The van der Waals surface area contributed by atoms with Crippen molar-refractivity contribution >= 4 is 23.2 Å².